The number of para-hydroxylation sites is 1. The van der Waals surface area contributed by atoms with Crippen LogP contribution >= 0.6 is 27.5 Å². The quantitative estimate of drug-likeness (QED) is 0.524. The maximum absolute atomic E-state index is 12.5. The van der Waals surface area contributed by atoms with Crippen LogP contribution < -0.4 is 15.5 Å². The number of hydrogen-bond donors (Lipinski definition) is 2. The summed E-state index contributed by atoms with van der Waals surface area (Å²) in [6, 6.07) is 9.89. The molecule has 3 rings (SSSR count). The van der Waals surface area contributed by atoms with Crippen LogP contribution in [-0.2, 0) is 19.1 Å². The van der Waals surface area contributed by atoms with E-state index in [1.165, 1.54) is 7.11 Å². The Morgan fingerprint density at radius 3 is 2.70 bits per heavy atom. The minimum atomic E-state index is -0.813. The van der Waals surface area contributed by atoms with Crippen molar-refractivity contribution in [1.29, 1.82) is 0 Å². The van der Waals surface area contributed by atoms with Crippen LogP contribution in [0.1, 0.15) is 22.3 Å². The van der Waals surface area contributed by atoms with Crippen molar-refractivity contribution in [2.24, 2.45) is 5.92 Å². The van der Waals surface area contributed by atoms with E-state index in [4.69, 9.17) is 21.1 Å². The van der Waals surface area contributed by atoms with Gasteiger partial charge in [-0.15, -0.1) is 0 Å². The molecule has 0 radical (unpaired) electrons. The fraction of sp³-hybridized carbons (Fsp3) is 0.273. The van der Waals surface area contributed by atoms with Crippen molar-refractivity contribution in [3.63, 3.8) is 0 Å². The highest BCUT2D eigenvalue weighted by Crippen LogP contribution is 2.29. The van der Waals surface area contributed by atoms with Crippen molar-refractivity contribution in [2.45, 2.75) is 13.3 Å². The van der Waals surface area contributed by atoms with Crippen LogP contribution in [0.2, 0.25) is 5.02 Å². The Morgan fingerprint density at radius 2 is 1.97 bits per heavy atom. The summed E-state index contributed by atoms with van der Waals surface area (Å²) in [4.78, 5) is 49.3. The molecule has 2 aromatic rings. The molecule has 0 bridgehead atoms. The number of benzene rings is 2. The Morgan fingerprint density at radius 1 is 1.24 bits per heavy atom. The largest absolute Gasteiger partial charge is 0.496 e. The standard InChI is InChI=1S/C22H21BrClN3O6/c1-12-7-15(23)16(24)9-17(12)25-19(28)11-33-22(31)13-8-20(29)27(10-13)26-21(30)14-5-3-4-6-18(14)32-2/h3-7,9,13H,8,10-11H2,1-2H3,(H,25,28)(H,26,30)/t13-/m0/s1. The van der Waals surface area contributed by atoms with E-state index in [-0.39, 0.29) is 18.5 Å². The van der Waals surface area contributed by atoms with Crippen LogP contribution in [0, 0.1) is 12.8 Å². The first-order chi connectivity index (χ1) is 15.7. The van der Waals surface area contributed by atoms with Gasteiger partial charge in [-0.25, -0.2) is 0 Å². The van der Waals surface area contributed by atoms with Crippen LogP contribution in [0.5, 0.6) is 5.75 Å². The smallest absolute Gasteiger partial charge is 0.311 e. The Hall–Kier alpha value is -3.11. The van der Waals surface area contributed by atoms with Gasteiger partial charge in [-0.1, -0.05) is 23.7 Å². The molecule has 1 aliphatic heterocycles. The highest BCUT2D eigenvalue weighted by molar-refractivity contribution is 9.10. The SMILES string of the molecule is COc1ccccc1C(=O)NN1C[C@@H](C(=O)OCC(=O)Nc2cc(Cl)c(Br)cc2C)CC1=O. The van der Waals surface area contributed by atoms with Gasteiger partial charge in [-0.3, -0.25) is 29.6 Å². The van der Waals surface area contributed by atoms with E-state index in [0.29, 0.717) is 20.9 Å². The number of aryl methyl sites for hydroxylation is 1. The van der Waals surface area contributed by atoms with Crippen molar-refractivity contribution >= 4 is 56.9 Å². The van der Waals surface area contributed by atoms with Gasteiger partial charge in [0.2, 0.25) is 5.91 Å². The zero-order valence-electron chi connectivity index (χ0n) is 17.8. The third-order valence-electron chi connectivity index (χ3n) is 4.93. The molecule has 0 aromatic heterocycles. The highest BCUT2D eigenvalue weighted by atomic mass is 79.9. The number of esters is 1. The summed E-state index contributed by atoms with van der Waals surface area (Å²) in [5, 5.41) is 4.12. The van der Waals surface area contributed by atoms with E-state index < -0.39 is 36.2 Å². The summed E-state index contributed by atoms with van der Waals surface area (Å²) in [5.74, 6) is -2.70. The van der Waals surface area contributed by atoms with Crippen LogP contribution in [0.25, 0.3) is 0 Å². The first-order valence-corrected chi connectivity index (χ1v) is 11.0. The second-order valence-electron chi connectivity index (χ2n) is 7.28. The van der Waals surface area contributed by atoms with Gasteiger partial charge >= 0.3 is 5.97 Å². The molecule has 0 spiro atoms. The Balaban J connectivity index is 1.52. The normalized spacial score (nSPS) is 15.2. The lowest BCUT2D eigenvalue weighted by Gasteiger charge is -2.18. The number of ether oxygens (including phenoxy) is 2. The fourth-order valence-corrected chi connectivity index (χ4v) is 3.83. The van der Waals surface area contributed by atoms with E-state index >= 15 is 0 Å². The van der Waals surface area contributed by atoms with Gasteiger partial charge in [0, 0.05) is 16.6 Å². The number of carbonyl (C=O) groups excluding carboxylic acids is 4. The number of halogens is 2. The minimum Gasteiger partial charge on any atom is -0.496 e. The summed E-state index contributed by atoms with van der Waals surface area (Å²) in [5.41, 5.74) is 3.99. The van der Waals surface area contributed by atoms with Crippen molar-refractivity contribution in [2.75, 3.05) is 25.6 Å². The molecule has 1 fully saturated rings. The average Bonchev–Trinajstić information content (AvgIpc) is 3.15. The zero-order valence-corrected chi connectivity index (χ0v) is 20.2. The maximum Gasteiger partial charge on any atom is 0.311 e. The molecule has 1 aliphatic rings. The molecule has 0 aliphatic carbocycles. The lowest BCUT2D eigenvalue weighted by molar-refractivity contribution is -0.151. The minimum absolute atomic E-state index is 0.0679. The number of nitrogens with one attached hydrogen (secondary N) is 2. The van der Waals surface area contributed by atoms with Crippen LogP contribution in [-0.4, -0.2) is 49.0 Å². The first kappa shape index (κ1) is 24.5. The molecule has 33 heavy (non-hydrogen) atoms. The number of methoxy groups -OCH3 is 1. The van der Waals surface area contributed by atoms with Gasteiger partial charge in [-0.2, -0.15) is 0 Å². The highest BCUT2D eigenvalue weighted by Gasteiger charge is 2.37. The molecular weight excluding hydrogens is 518 g/mol. The van der Waals surface area contributed by atoms with Crippen molar-refractivity contribution in [1.82, 2.24) is 10.4 Å². The Labute approximate surface area is 203 Å². The van der Waals surface area contributed by atoms with Crippen LogP contribution in [0.4, 0.5) is 5.69 Å². The van der Waals surface area contributed by atoms with E-state index in [0.717, 1.165) is 10.6 Å². The molecule has 3 amide bonds. The second kappa shape index (κ2) is 10.7. The predicted octanol–water partition coefficient (Wildman–Crippen LogP) is 3.09. The molecular formula is C22H21BrClN3O6. The van der Waals surface area contributed by atoms with Crippen LogP contribution in [0.15, 0.2) is 40.9 Å². The lowest BCUT2D eigenvalue weighted by atomic mass is 10.1. The lowest BCUT2D eigenvalue weighted by Crippen LogP contribution is -2.43. The molecule has 1 saturated heterocycles. The Kier molecular flexibility index (Phi) is 7.93. The molecule has 11 heteroatoms. The molecule has 9 nitrogen and oxygen atoms in total. The Bertz CT molecular complexity index is 1110. The van der Waals surface area contributed by atoms with E-state index in [9.17, 15) is 19.2 Å². The zero-order chi connectivity index (χ0) is 24.1. The summed E-state index contributed by atoms with van der Waals surface area (Å²) in [6.07, 6.45) is -0.145. The predicted molar refractivity (Wildman–Crippen MR) is 124 cm³/mol. The average molecular weight is 539 g/mol. The molecule has 1 heterocycles. The summed E-state index contributed by atoms with van der Waals surface area (Å²) in [6.45, 7) is 1.20. The van der Waals surface area contributed by atoms with E-state index in [2.05, 4.69) is 26.7 Å². The molecule has 2 N–H and O–H groups in total. The van der Waals surface area contributed by atoms with Gasteiger partial charge < -0.3 is 14.8 Å². The number of amides is 3. The summed E-state index contributed by atoms with van der Waals surface area (Å²) in [7, 11) is 1.43. The number of rotatable bonds is 7. The van der Waals surface area contributed by atoms with Crippen molar-refractivity contribution in [3.05, 3.63) is 57.0 Å². The van der Waals surface area contributed by atoms with E-state index in [1.54, 1.807) is 43.3 Å². The van der Waals surface area contributed by atoms with Crippen LogP contribution in [0.3, 0.4) is 0 Å². The van der Waals surface area contributed by atoms with Gasteiger partial charge in [0.1, 0.15) is 5.75 Å². The van der Waals surface area contributed by atoms with Gasteiger partial charge in [0.25, 0.3) is 11.8 Å². The monoisotopic (exact) mass is 537 g/mol. The fourth-order valence-electron chi connectivity index (χ4n) is 3.21. The third-order valence-corrected chi connectivity index (χ3v) is 6.13. The molecule has 174 valence electrons. The molecule has 0 saturated carbocycles. The van der Waals surface area contributed by atoms with Gasteiger partial charge in [0.05, 0.1) is 30.2 Å². The van der Waals surface area contributed by atoms with Gasteiger partial charge in [-0.05, 0) is 52.7 Å². The van der Waals surface area contributed by atoms with Crippen molar-refractivity contribution in [3.8, 4) is 5.75 Å². The third kappa shape index (κ3) is 6.02. The summed E-state index contributed by atoms with van der Waals surface area (Å²) >= 11 is 9.35. The molecule has 2 aromatic carbocycles. The van der Waals surface area contributed by atoms with Gasteiger partial charge in [0.15, 0.2) is 6.61 Å². The topological polar surface area (TPSA) is 114 Å². The second-order valence-corrected chi connectivity index (χ2v) is 8.55. The maximum atomic E-state index is 12.5. The number of hydrazine groups is 1. The van der Waals surface area contributed by atoms with Crippen molar-refractivity contribution < 1.29 is 28.7 Å². The number of anilines is 1. The van der Waals surface area contributed by atoms with E-state index in [1.807, 2.05) is 0 Å². The first-order valence-electron chi connectivity index (χ1n) is 9.86. The summed E-state index contributed by atoms with van der Waals surface area (Å²) < 4.78 is 10.9. The number of nitrogens with zero attached hydrogens (tertiary/aromatic N) is 1. The number of hydrogen-bond acceptors (Lipinski definition) is 6. The molecule has 0 unspecified atom stereocenters. The number of carbonyl (C=O) groups is 4. The molecule has 1 atom stereocenters.